The van der Waals surface area contributed by atoms with Crippen LogP contribution in [0.25, 0.3) is 0 Å². The Labute approximate surface area is 122 Å². The molecule has 0 saturated carbocycles. The first-order valence-electron chi connectivity index (χ1n) is 6.56. The minimum absolute atomic E-state index is 0.484. The maximum Gasteiger partial charge on any atom is 0.323 e. The molecule has 108 valence electrons. The third-order valence-electron chi connectivity index (χ3n) is 3.32. The average Bonchev–Trinajstić information content (AvgIpc) is 2.63. The zero-order chi connectivity index (χ0) is 14.6. The third-order valence-corrected chi connectivity index (χ3v) is 4.35. The van der Waals surface area contributed by atoms with E-state index in [2.05, 4.69) is 26.3 Å². The summed E-state index contributed by atoms with van der Waals surface area (Å²) in [7, 11) is 0. The van der Waals surface area contributed by atoms with Gasteiger partial charge in [0.15, 0.2) is 0 Å². The van der Waals surface area contributed by atoms with Gasteiger partial charge in [-0.05, 0) is 43.1 Å². The van der Waals surface area contributed by atoms with Gasteiger partial charge in [0.1, 0.15) is 5.54 Å². The lowest BCUT2D eigenvalue weighted by molar-refractivity contribution is -0.144. The summed E-state index contributed by atoms with van der Waals surface area (Å²) in [5, 5.41) is 16.9. The van der Waals surface area contributed by atoms with Gasteiger partial charge in [0, 0.05) is 13.1 Å². The fourth-order valence-corrected chi connectivity index (χ4v) is 2.51. The van der Waals surface area contributed by atoms with Crippen molar-refractivity contribution in [3.63, 3.8) is 0 Å². The van der Waals surface area contributed by atoms with E-state index < -0.39 is 11.5 Å². The van der Waals surface area contributed by atoms with Crippen LogP contribution in [-0.4, -0.2) is 26.4 Å². The van der Waals surface area contributed by atoms with Crippen LogP contribution in [-0.2, 0) is 17.9 Å². The molecule has 5 nitrogen and oxygen atoms in total. The van der Waals surface area contributed by atoms with E-state index in [1.807, 2.05) is 25.5 Å². The van der Waals surface area contributed by atoms with Crippen LogP contribution in [0.5, 0.6) is 0 Å². The predicted molar refractivity (Wildman–Crippen MR) is 78.1 cm³/mol. The number of carbonyl (C=O) groups is 1. The van der Waals surface area contributed by atoms with Crippen molar-refractivity contribution in [2.45, 2.75) is 59.2 Å². The molecule has 0 spiro atoms. The predicted octanol–water partition coefficient (Wildman–Crippen LogP) is 2.71. The Balaban J connectivity index is 2.88. The van der Waals surface area contributed by atoms with Gasteiger partial charge in [-0.3, -0.25) is 14.8 Å². The lowest BCUT2D eigenvalue weighted by Gasteiger charge is -2.26. The highest BCUT2D eigenvalue weighted by Gasteiger charge is 2.32. The molecule has 1 aromatic rings. The van der Waals surface area contributed by atoms with Crippen LogP contribution in [0.4, 0.5) is 0 Å². The van der Waals surface area contributed by atoms with E-state index >= 15 is 0 Å². The minimum atomic E-state index is -0.898. The van der Waals surface area contributed by atoms with Gasteiger partial charge in [-0.15, -0.1) is 0 Å². The van der Waals surface area contributed by atoms with Gasteiger partial charge >= 0.3 is 5.97 Å². The number of nitrogens with zero attached hydrogens (tertiary/aromatic N) is 2. The third kappa shape index (κ3) is 3.57. The van der Waals surface area contributed by atoms with E-state index in [1.54, 1.807) is 6.92 Å². The Hall–Kier alpha value is -0.880. The molecular weight excluding hydrogens is 310 g/mol. The maximum absolute atomic E-state index is 11.4. The molecule has 0 bridgehead atoms. The largest absolute Gasteiger partial charge is 0.480 e. The summed E-state index contributed by atoms with van der Waals surface area (Å²) in [5.74, 6) is -0.815. The summed E-state index contributed by atoms with van der Waals surface area (Å²) >= 11 is 3.51. The van der Waals surface area contributed by atoms with Crippen molar-refractivity contribution >= 4 is 21.9 Å². The number of carboxylic acid groups (broad SMARTS) is 1. The second-order valence-corrected chi connectivity index (χ2v) is 5.70. The lowest BCUT2D eigenvalue weighted by Crippen LogP contribution is -2.49. The van der Waals surface area contributed by atoms with Crippen LogP contribution in [0.1, 0.15) is 45.0 Å². The van der Waals surface area contributed by atoms with Crippen molar-refractivity contribution in [2.24, 2.45) is 0 Å². The van der Waals surface area contributed by atoms with Gasteiger partial charge in [0.05, 0.1) is 15.9 Å². The number of rotatable bonds is 7. The van der Waals surface area contributed by atoms with E-state index in [-0.39, 0.29) is 0 Å². The van der Waals surface area contributed by atoms with Gasteiger partial charge in [-0.2, -0.15) is 5.10 Å². The number of hydrogen-bond acceptors (Lipinski definition) is 3. The Morgan fingerprint density at radius 2 is 2.16 bits per heavy atom. The first-order chi connectivity index (χ1) is 8.85. The number of hydrogen-bond donors (Lipinski definition) is 2. The average molecular weight is 332 g/mol. The number of aryl methyl sites for hydroxylation is 2. The molecule has 1 rings (SSSR count). The molecule has 1 aromatic heterocycles. The summed E-state index contributed by atoms with van der Waals surface area (Å²) in [4.78, 5) is 11.4. The maximum atomic E-state index is 11.4. The molecule has 2 N–H and O–H groups in total. The molecule has 0 amide bonds. The van der Waals surface area contributed by atoms with E-state index in [0.29, 0.717) is 13.0 Å². The number of halogens is 1. The molecular formula is C13H22BrN3O2. The summed E-state index contributed by atoms with van der Waals surface area (Å²) in [6.07, 6.45) is 1.42. The van der Waals surface area contributed by atoms with Crippen LogP contribution < -0.4 is 5.32 Å². The van der Waals surface area contributed by atoms with Gasteiger partial charge in [-0.1, -0.05) is 13.3 Å². The first kappa shape index (κ1) is 16.2. The van der Waals surface area contributed by atoms with Gasteiger partial charge in [0.2, 0.25) is 0 Å². The molecule has 19 heavy (non-hydrogen) atoms. The molecule has 0 fully saturated rings. The quantitative estimate of drug-likeness (QED) is 0.806. The van der Waals surface area contributed by atoms with Crippen molar-refractivity contribution in [1.82, 2.24) is 15.1 Å². The van der Waals surface area contributed by atoms with Crippen LogP contribution in [0.2, 0.25) is 0 Å². The molecule has 1 atom stereocenters. The highest BCUT2D eigenvalue weighted by Crippen LogP contribution is 2.22. The summed E-state index contributed by atoms with van der Waals surface area (Å²) in [6, 6.07) is 0. The van der Waals surface area contributed by atoms with Gasteiger partial charge in [0.25, 0.3) is 0 Å². The van der Waals surface area contributed by atoms with E-state index in [4.69, 9.17) is 0 Å². The Kier molecular flexibility index (Phi) is 5.55. The van der Waals surface area contributed by atoms with Gasteiger partial charge in [-0.25, -0.2) is 0 Å². The van der Waals surface area contributed by atoms with Crippen LogP contribution in [0.3, 0.4) is 0 Å². The Bertz CT molecular complexity index is 459. The molecule has 0 aromatic carbocycles. The molecule has 0 aliphatic rings. The number of aromatic nitrogens is 2. The number of nitrogens with one attached hydrogen (secondary N) is 1. The molecule has 1 heterocycles. The van der Waals surface area contributed by atoms with Crippen LogP contribution >= 0.6 is 15.9 Å². The smallest absolute Gasteiger partial charge is 0.323 e. The fraction of sp³-hybridized carbons (Fsp3) is 0.692. The molecule has 0 radical (unpaired) electrons. The molecule has 6 heteroatoms. The lowest BCUT2D eigenvalue weighted by atomic mass is 9.96. The molecule has 1 unspecified atom stereocenters. The zero-order valence-corrected chi connectivity index (χ0v) is 13.5. The van der Waals surface area contributed by atoms with Gasteiger partial charge < -0.3 is 5.11 Å². The highest BCUT2D eigenvalue weighted by atomic mass is 79.9. The van der Waals surface area contributed by atoms with E-state index in [1.165, 1.54) is 0 Å². The monoisotopic (exact) mass is 331 g/mol. The van der Waals surface area contributed by atoms with Crippen LogP contribution in [0.15, 0.2) is 4.47 Å². The molecule has 0 aliphatic heterocycles. The number of aliphatic carboxylic acids is 1. The fourth-order valence-electron chi connectivity index (χ4n) is 2.09. The second kappa shape index (κ2) is 6.52. The molecule has 0 saturated heterocycles. The standard InChI is InChI=1S/C13H22BrN3O2/c1-5-7-13(4,12(18)19)15-8-10-11(14)9(3)16-17(10)6-2/h15H,5-8H2,1-4H3,(H,18,19). The van der Waals surface area contributed by atoms with Crippen LogP contribution in [0, 0.1) is 6.92 Å². The summed E-state index contributed by atoms with van der Waals surface area (Å²) in [6.45, 7) is 8.91. The summed E-state index contributed by atoms with van der Waals surface area (Å²) in [5.41, 5.74) is 1.01. The van der Waals surface area contributed by atoms with E-state index in [0.717, 1.165) is 28.8 Å². The van der Waals surface area contributed by atoms with Crippen molar-refractivity contribution in [1.29, 1.82) is 0 Å². The topological polar surface area (TPSA) is 67.2 Å². The molecule has 0 aliphatic carbocycles. The normalized spacial score (nSPS) is 14.4. The first-order valence-corrected chi connectivity index (χ1v) is 7.35. The number of carboxylic acids is 1. The Morgan fingerprint density at radius 1 is 1.53 bits per heavy atom. The zero-order valence-electron chi connectivity index (χ0n) is 12.0. The van der Waals surface area contributed by atoms with Crippen molar-refractivity contribution in [2.75, 3.05) is 0 Å². The highest BCUT2D eigenvalue weighted by molar-refractivity contribution is 9.10. The van der Waals surface area contributed by atoms with Crippen molar-refractivity contribution in [3.05, 3.63) is 15.9 Å². The Morgan fingerprint density at radius 3 is 2.63 bits per heavy atom. The van der Waals surface area contributed by atoms with Crippen molar-refractivity contribution < 1.29 is 9.90 Å². The minimum Gasteiger partial charge on any atom is -0.480 e. The van der Waals surface area contributed by atoms with E-state index in [9.17, 15) is 9.90 Å². The second-order valence-electron chi connectivity index (χ2n) is 4.90. The SMILES string of the molecule is CCCC(C)(NCc1c(Br)c(C)nn1CC)C(=O)O. The van der Waals surface area contributed by atoms with Crippen molar-refractivity contribution in [3.8, 4) is 0 Å². The summed E-state index contributed by atoms with van der Waals surface area (Å²) < 4.78 is 2.84.